The maximum absolute atomic E-state index is 10.9. The summed E-state index contributed by atoms with van der Waals surface area (Å²) in [4.78, 5) is 10.4. The third-order valence-corrected chi connectivity index (χ3v) is 3.70. The average molecular weight is 194 g/mol. The zero-order valence-corrected chi connectivity index (χ0v) is 7.17. The van der Waals surface area contributed by atoms with Crippen molar-refractivity contribution in [3.05, 3.63) is 0 Å². The molecule has 0 aliphatic carbocycles. The lowest BCUT2D eigenvalue weighted by Crippen LogP contribution is -2.45. The molecule has 2 N–H and O–H groups in total. The van der Waals surface area contributed by atoms with Crippen LogP contribution in [-0.2, 0) is 14.6 Å². The molecule has 1 rings (SSSR count). The summed E-state index contributed by atoms with van der Waals surface area (Å²) in [5.74, 6) is -1.82. The first-order chi connectivity index (χ1) is 5.36. The summed E-state index contributed by atoms with van der Waals surface area (Å²) in [6, 6.07) is 0. The number of hydrogen-bond donors (Lipinski definition) is 2. The lowest BCUT2D eigenvalue weighted by atomic mass is 9.97. The van der Waals surface area contributed by atoms with Crippen molar-refractivity contribution in [2.75, 3.05) is 11.5 Å². The second-order valence-corrected chi connectivity index (χ2v) is 5.29. The highest BCUT2D eigenvalue weighted by molar-refractivity contribution is 7.91. The first kappa shape index (κ1) is 9.47. The van der Waals surface area contributed by atoms with Gasteiger partial charge in [0.15, 0.2) is 15.4 Å². The van der Waals surface area contributed by atoms with Gasteiger partial charge in [0, 0.05) is 12.8 Å². The van der Waals surface area contributed by atoms with E-state index in [1.54, 1.807) is 0 Å². The van der Waals surface area contributed by atoms with Gasteiger partial charge < -0.3 is 10.2 Å². The van der Waals surface area contributed by atoms with Crippen molar-refractivity contribution in [3.63, 3.8) is 0 Å². The van der Waals surface area contributed by atoms with Crippen molar-refractivity contribution in [2.45, 2.75) is 18.4 Å². The predicted octanol–water partition coefficient (Wildman–Crippen LogP) is -0.989. The van der Waals surface area contributed by atoms with Gasteiger partial charge in [-0.3, -0.25) is 0 Å². The molecule has 70 valence electrons. The van der Waals surface area contributed by atoms with E-state index in [2.05, 4.69) is 0 Å². The van der Waals surface area contributed by atoms with Gasteiger partial charge in [-0.05, 0) is 0 Å². The van der Waals surface area contributed by atoms with Crippen LogP contribution in [0.25, 0.3) is 0 Å². The topological polar surface area (TPSA) is 91.7 Å². The van der Waals surface area contributed by atoms with E-state index in [4.69, 9.17) is 5.11 Å². The molecule has 5 nitrogen and oxygen atoms in total. The Labute approximate surface area is 69.9 Å². The van der Waals surface area contributed by atoms with Crippen molar-refractivity contribution in [1.82, 2.24) is 0 Å². The average Bonchev–Trinajstić information content (AvgIpc) is 1.96. The number of hydrogen-bond acceptors (Lipinski definition) is 4. The van der Waals surface area contributed by atoms with Crippen LogP contribution in [0.15, 0.2) is 0 Å². The van der Waals surface area contributed by atoms with E-state index in [-0.39, 0.29) is 24.3 Å². The van der Waals surface area contributed by atoms with Crippen LogP contribution >= 0.6 is 0 Å². The summed E-state index contributed by atoms with van der Waals surface area (Å²) in [6.45, 7) is 0. The molecule has 0 unspecified atom stereocenters. The number of carboxylic acid groups (broad SMARTS) is 1. The molecule has 1 heterocycles. The third kappa shape index (κ3) is 1.75. The Balaban J connectivity index is 2.74. The van der Waals surface area contributed by atoms with Crippen LogP contribution in [0.4, 0.5) is 0 Å². The van der Waals surface area contributed by atoms with Gasteiger partial charge in [-0.15, -0.1) is 0 Å². The lowest BCUT2D eigenvalue weighted by Gasteiger charge is -2.27. The molecule has 0 radical (unpaired) electrons. The fourth-order valence-corrected chi connectivity index (χ4v) is 2.59. The minimum absolute atomic E-state index is 0.204. The van der Waals surface area contributed by atoms with Gasteiger partial charge in [-0.2, -0.15) is 0 Å². The lowest BCUT2D eigenvalue weighted by molar-refractivity contribution is -0.159. The first-order valence-electron chi connectivity index (χ1n) is 3.52. The highest BCUT2D eigenvalue weighted by atomic mass is 32.2. The number of aliphatic carboxylic acids is 1. The van der Waals surface area contributed by atoms with Gasteiger partial charge in [-0.1, -0.05) is 0 Å². The molecule has 0 spiro atoms. The molecule has 0 amide bonds. The zero-order valence-electron chi connectivity index (χ0n) is 6.36. The molecular formula is C6H10O5S. The zero-order chi connectivity index (χ0) is 9.41. The number of carbonyl (C=O) groups is 1. The van der Waals surface area contributed by atoms with Crippen LogP contribution in [0.1, 0.15) is 12.8 Å². The van der Waals surface area contributed by atoms with Gasteiger partial charge >= 0.3 is 5.97 Å². The van der Waals surface area contributed by atoms with Crippen molar-refractivity contribution in [1.29, 1.82) is 0 Å². The summed E-state index contributed by atoms with van der Waals surface area (Å²) >= 11 is 0. The fraction of sp³-hybridized carbons (Fsp3) is 0.833. The van der Waals surface area contributed by atoms with Crippen molar-refractivity contribution >= 4 is 15.8 Å². The number of sulfone groups is 1. The van der Waals surface area contributed by atoms with E-state index < -0.39 is 21.4 Å². The molecule has 1 fully saturated rings. The summed E-state index contributed by atoms with van der Waals surface area (Å²) in [5.41, 5.74) is -1.83. The van der Waals surface area contributed by atoms with E-state index in [0.29, 0.717) is 0 Å². The van der Waals surface area contributed by atoms with E-state index in [0.717, 1.165) is 0 Å². The van der Waals surface area contributed by atoms with E-state index >= 15 is 0 Å². The molecule has 0 bridgehead atoms. The van der Waals surface area contributed by atoms with E-state index in [1.807, 2.05) is 0 Å². The molecule has 0 aromatic heterocycles. The Kier molecular flexibility index (Phi) is 2.13. The Bertz CT molecular complexity index is 277. The molecule has 1 aliphatic heterocycles. The largest absolute Gasteiger partial charge is 0.479 e. The van der Waals surface area contributed by atoms with Crippen LogP contribution in [0, 0.1) is 0 Å². The fourth-order valence-electron chi connectivity index (χ4n) is 1.09. The van der Waals surface area contributed by atoms with Gasteiger partial charge in [0.05, 0.1) is 11.5 Å². The van der Waals surface area contributed by atoms with Crippen molar-refractivity contribution < 1.29 is 23.4 Å². The van der Waals surface area contributed by atoms with Crippen molar-refractivity contribution in [3.8, 4) is 0 Å². The Hall–Kier alpha value is -0.620. The molecule has 12 heavy (non-hydrogen) atoms. The molecular weight excluding hydrogens is 184 g/mol. The molecule has 0 saturated carbocycles. The highest BCUT2D eigenvalue weighted by Gasteiger charge is 2.41. The molecule has 0 aromatic carbocycles. The molecule has 0 aromatic rings. The SMILES string of the molecule is O=C(O)C1(O)CCS(=O)(=O)CC1. The third-order valence-electron chi connectivity index (χ3n) is 2.05. The number of rotatable bonds is 1. The standard InChI is InChI=1S/C6H10O5S/c7-5(8)6(9)1-3-12(10,11)4-2-6/h9H,1-4H2,(H,7,8). The van der Waals surface area contributed by atoms with Crippen LogP contribution in [0.3, 0.4) is 0 Å². The van der Waals surface area contributed by atoms with Crippen LogP contribution in [-0.4, -0.2) is 41.7 Å². The minimum atomic E-state index is -3.11. The number of aliphatic hydroxyl groups is 1. The Morgan fingerprint density at radius 3 is 2.00 bits per heavy atom. The van der Waals surface area contributed by atoms with Crippen LogP contribution in [0.5, 0.6) is 0 Å². The summed E-state index contributed by atoms with van der Waals surface area (Å²) < 4.78 is 21.7. The second-order valence-electron chi connectivity index (χ2n) is 2.99. The van der Waals surface area contributed by atoms with Gasteiger partial charge in [-0.25, -0.2) is 13.2 Å². The maximum atomic E-state index is 10.9. The molecule has 1 aliphatic rings. The predicted molar refractivity (Wildman–Crippen MR) is 40.5 cm³/mol. The summed E-state index contributed by atoms with van der Waals surface area (Å²) in [5, 5.41) is 17.8. The monoisotopic (exact) mass is 194 g/mol. The second kappa shape index (κ2) is 2.70. The molecule has 1 saturated heterocycles. The quantitative estimate of drug-likeness (QED) is 0.559. The normalized spacial score (nSPS) is 26.4. The maximum Gasteiger partial charge on any atom is 0.335 e. The minimum Gasteiger partial charge on any atom is -0.479 e. The van der Waals surface area contributed by atoms with Crippen LogP contribution in [0.2, 0.25) is 0 Å². The van der Waals surface area contributed by atoms with Gasteiger partial charge in [0.25, 0.3) is 0 Å². The first-order valence-corrected chi connectivity index (χ1v) is 5.34. The number of carboxylic acids is 1. The summed E-state index contributed by atoms with van der Waals surface area (Å²) in [7, 11) is -3.11. The summed E-state index contributed by atoms with van der Waals surface area (Å²) in [6.07, 6.45) is -0.407. The molecule has 0 atom stereocenters. The smallest absolute Gasteiger partial charge is 0.335 e. The highest BCUT2D eigenvalue weighted by Crippen LogP contribution is 2.23. The van der Waals surface area contributed by atoms with Crippen LogP contribution < -0.4 is 0 Å². The molecule has 6 heteroatoms. The van der Waals surface area contributed by atoms with E-state index in [1.165, 1.54) is 0 Å². The van der Waals surface area contributed by atoms with Gasteiger partial charge in [0.1, 0.15) is 0 Å². The van der Waals surface area contributed by atoms with Gasteiger partial charge in [0.2, 0.25) is 0 Å². The Morgan fingerprint density at radius 1 is 1.25 bits per heavy atom. The van der Waals surface area contributed by atoms with E-state index in [9.17, 15) is 18.3 Å². The Morgan fingerprint density at radius 2 is 1.67 bits per heavy atom. The van der Waals surface area contributed by atoms with Crippen molar-refractivity contribution in [2.24, 2.45) is 0 Å².